The van der Waals surface area contributed by atoms with Crippen molar-refractivity contribution in [3.63, 3.8) is 0 Å². The minimum atomic E-state index is -0.0210. The summed E-state index contributed by atoms with van der Waals surface area (Å²) in [6, 6.07) is 0. The highest BCUT2D eigenvalue weighted by Crippen LogP contribution is 2.18. The number of esters is 2. The zero-order chi connectivity index (χ0) is 39.6. The minimum Gasteiger partial charge on any atom is -0.466 e. The highest BCUT2D eigenvalue weighted by Gasteiger charge is 2.14. The Kier molecular flexibility index (Phi) is 41.6. The fraction of sp³-hybridized carbons (Fsp3) is 0.935. The molecule has 0 rings (SSSR count). The Morgan fingerprint density at radius 1 is 0.519 bits per heavy atom. The van der Waals surface area contributed by atoms with Gasteiger partial charge in [0, 0.05) is 26.4 Å². The smallest absolute Gasteiger partial charge is 0.306 e. The number of nitrogens with zero attached hydrogens (tertiary/aromatic N) is 1. The monoisotopic (exact) mass is 782 g/mol. The van der Waals surface area contributed by atoms with Crippen LogP contribution in [-0.4, -0.2) is 67.9 Å². The number of carbonyl (C=O) groups excluding carboxylic acids is 2. The highest BCUT2D eigenvalue weighted by atomic mass is 32.1. The van der Waals surface area contributed by atoms with Crippen molar-refractivity contribution in [1.29, 1.82) is 0 Å². The van der Waals surface area contributed by atoms with Crippen LogP contribution in [0.15, 0.2) is 0 Å². The van der Waals surface area contributed by atoms with Gasteiger partial charge in [0.2, 0.25) is 0 Å². The summed E-state index contributed by atoms with van der Waals surface area (Å²) in [6.07, 6.45) is 38.4. The lowest BCUT2D eigenvalue weighted by molar-refractivity contribution is -0.150. The van der Waals surface area contributed by atoms with Crippen molar-refractivity contribution in [1.82, 2.24) is 15.5 Å². The number of rotatable bonds is 42. The Labute approximate surface area is 341 Å². The summed E-state index contributed by atoms with van der Waals surface area (Å²) in [7, 11) is 1.86. The summed E-state index contributed by atoms with van der Waals surface area (Å²) >= 11 is 5.24. The maximum Gasteiger partial charge on any atom is 0.306 e. The number of hydrogen-bond donors (Lipinski definition) is 2. The number of hydrogen-bond acceptors (Lipinski definition) is 6. The van der Waals surface area contributed by atoms with E-state index >= 15 is 0 Å². The molecule has 0 atom stereocenters. The van der Waals surface area contributed by atoms with Crippen LogP contribution >= 0.6 is 12.2 Å². The molecule has 54 heavy (non-hydrogen) atoms. The molecule has 0 amide bonds. The third-order valence-electron chi connectivity index (χ3n) is 10.7. The van der Waals surface area contributed by atoms with Crippen LogP contribution in [0.3, 0.4) is 0 Å². The van der Waals surface area contributed by atoms with E-state index in [0.29, 0.717) is 24.6 Å². The van der Waals surface area contributed by atoms with Gasteiger partial charge in [0.25, 0.3) is 0 Å². The fourth-order valence-electron chi connectivity index (χ4n) is 7.15. The minimum absolute atomic E-state index is 0.0210. The van der Waals surface area contributed by atoms with Crippen molar-refractivity contribution in [2.24, 2.45) is 0 Å². The first-order valence-electron chi connectivity index (χ1n) is 23.5. The molecule has 0 aromatic carbocycles. The molecule has 0 bridgehead atoms. The second-order valence-electron chi connectivity index (χ2n) is 15.9. The van der Waals surface area contributed by atoms with E-state index in [4.69, 9.17) is 21.7 Å². The van der Waals surface area contributed by atoms with Crippen LogP contribution < -0.4 is 10.6 Å². The van der Waals surface area contributed by atoms with Crippen LogP contribution in [0.4, 0.5) is 0 Å². The van der Waals surface area contributed by atoms with E-state index < -0.39 is 0 Å². The normalized spacial score (nSPS) is 11.4. The molecule has 7 nitrogen and oxygen atoms in total. The maximum atomic E-state index is 12.8. The van der Waals surface area contributed by atoms with Crippen molar-refractivity contribution in [2.45, 2.75) is 239 Å². The van der Waals surface area contributed by atoms with Gasteiger partial charge in [-0.15, -0.1) is 0 Å². The molecule has 8 heteroatoms. The zero-order valence-corrected chi connectivity index (χ0v) is 37.3. The van der Waals surface area contributed by atoms with Crippen LogP contribution in [0.1, 0.15) is 233 Å². The Morgan fingerprint density at radius 3 is 1.43 bits per heavy atom. The quantitative estimate of drug-likeness (QED) is 0.0360. The molecular formula is C46H91N3O4S. The van der Waals surface area contributed by atoms with Crippen molar-refractivity contribution < 1.29 is 19.1 Å². The molecule has 2 N–H and O–H groups in total. The van der Waals surface area contributed by atoms with E-state index in [-0.39, 0.29) is 18.0 Å². The predicted molar refractivity (Wildman–Crippen MR) is 236 cm³/mol. The van der Waals surface area contributed by atoms with E-state index in [1.54, 1.807) is 0 Å². The Balaban J connectivity index is 4.30. The van der Waals surface area contributed by atoms with Crippen molar-refractivity contribution >= 4 is 29.3 Å². The molecule has 0 aromatic rings. The van der Waals surface area contributed by atoms with Crippen molar-refractivity contribution in [3.05, 3.63) is 0 Å². The van der Waals surface area contributed by atoms with Gasteiger partial charge in [-0.1, -0.05) is 156 Å². The fourth-order valence-corrected chi connectivity index (χ4v) is 7.25. The van der Waals surface area contributed by atoms with Gasteiger partial charge in [0.05, 0.1) is 6.61 Å². The summed E-state index contributed by atoms with van der Waals surface area (Å²) < 4.78 is 11.5. The molecule has 320 valence electrons. The Hall–Kier alpha value is -1.41. The number of carbonyl (C=O) groups is 2. The average molecular weight is 782 g/mol. The predicted octanol–water partition coefficient (Wildman–Crippen LogP) is 12.8. The van der Waals surface area contributed by atoms with Crippen LogP contribution in [0.2, 0.25) is 0 Å². The van der Waals surface area contributed by atoms with E-state index in [9.17, 15) is 9.59 Å². The van der Waals surface area contributed by atoms with Gasteiger partial charge in [-0.2, -0.15) is 0 Å². The Morgan fingerprint density at radius 2 is 0.926 bits per heavy atom. The third kappa shape index (κ3) is 38.8. The van der Waals surface area contributed by atoms with Gasteiger partial charge in [0.1, 0.15) is 6.10 Å². The molecule has 0 heterocycles. The van der Waals surface area contributed by atoms with Gasteiger partial charge < -0.3 is 25.0 Å². The second kappa shape index (κ2) is 42.7. The van der Waals surface area contributed by atoms with Gasteiger partial charge in [-0.3, -0.25) is 9.59 Å². The Bertz CT molecular complexity index is 814. The zero-order valence-electron chi connectivity index (χ0n) is 36.4. The molecule has 0 unspecified atom stereocenters. The molecule has 0 aliphatic heterocycles. The highest BCUT2D eigenvalue weighted by molar-refractivity contribution is 7.80. The summed E-state index contributed by atoms with van der Waals surface area (Å²) in [4.78, 5) is 27.5. The van der Waals surface area contributed by atoms with Gasteiger partial charge in [0.15, 0.2) is 5.11 Å². The molecule has 0 radical (unpaired) electrons. The average Bonchev–Trinajstić information content (AvgIpc) is 3.17. The standard InChI is InChI=1S/C46H91N3O4S/c1-5-8-11-14-19-26-34-43(35-27-20-15-12-9-6-2)53-45(51)37-29-22-18-24-31-40-49(41-33-38-48-46(54)47-4)39-30-23-17-21-28-36-44(50)52-42-32-25-16-13-10-7-3/h43H,5-42H2,1-4H3,(H2,47,48,54). The first-order valence-corrected chi connectivity index (χ1v) is 23.9. The molecule has 0 saturated carbocycles. The molecule has 0 spiro atoms. The van der Waals surface area contributed by atoms with Gasteiger partial charge >= 0.3 is 11.9 Å². The second-order valence-corrected chi connectivity index (χ2v) is 16.4. The van der Waals surface area contributed by atoms with E-state index in [2.05, 4.69) is 36.3 Å². The third-order valence-corrected chi connectivity index (χ3v) is 11.0. The molecule has 0 aromatic heterocycles. The van der Waals surface area contributed by atoms with E-state index in [1.807, 2.05) is 7.05 Å². The first kappa shape index (κ1) is 52.6. The van der Waals surface area contributed by atoms with Gasteiger partial charge in [-0.25, -0.2) is 0 Å². The summed E-state index contributed by atoms with van der Waals surface area (Å²) in [5, 5.41) is 6.99. The number of thiocarbonyl (C=S) groups is 1. The first-order chi connectivity index (χ1) is 26.5. The van der Waals surface area contributed by atoms with Crippen LogP contribution in [0, 0.1) is 0 Å². The largest absolute Gasteiger partial charge is 0.466 e. The summed E-state index contributed by atoms with van der Waals surface area (Å²) in [5.74, 6) is 0.00482. The molecule has 0 saturated heterocycles. The lowest BCUT2D eigenvalue weighted by Gasteiger charge is -2.22. The van der Waals surface area contributed by atoms with Crippen molar-refractivity contribution in [3.8, 4) is 0 Å². The number of nitrogens with one attached hydrogen (secondary N) is 2. The maximum absolute atomic E-state index is 12.8. The lowest BCUT2D eigenvalue weighted by Crippen LogP contribution is -2.35. The van der Waals surface area contributed by atoms with Crippen LogP contribution in [0.5, 0.6) is 0 Å². The SMILES string of the molecule is CCCCCCCCOC(=O)CCCCCCCN(CCCCCCCC(=O)OC(CCCCCCCC)CCCCCCCC)CCCNC(=S)NC. The summed E-state index contributed by atoms with van der Waals surface area (Å²) in [6.45, 7) is 11.6. The lowest BCUT2D eigenvalue weighted by atomic mass is 10.0. The topological polar surface area (TPSA) is 79.9 Å². The molecular weight excluding hydrogens is 691 g/mol. The van der Waals surface area contributed by atoms with E-state index in [1.165, 1.54) is 148 Å². The van der Waals surface area contributed by atoms with Crippen molar-refractivity contribution in [2.75, 3.05) is 39.8 Å². The number of unbranched alkanes of at least 4 members (excludes halogenated alkanes) is 23. The molecule has 0 fully saturated rings. The van der Waals surface area contributed by atoms with Crippen LogP contribution in [-0.2, 0) is 19.1 Å². The van der Waals surface area contributed by atoms with Gasteiger partial charge in [-0.05, 0) is 96.1 Å². The molecule has 0 aliphatic carbocycles. The molecule has 0 aliphatic rings. The van der Waals surface area contributed by atoms with Crippen LogP contribution in [0.25, 0.3) is 0 Å². The number of ether oxygens (including phenoxy) is 2. The van der Waals surface area contributed by atoms with E-state index in [0.717, 1.165) is 77.5 Å². The summed E-state index contributed by atoms with van der Waals surface area (Å²) in [5.41, 5.74) is 0.